The summed E-state index contributed by atoms with van der Waals surface area (Å²) in [5.74, 6) is 1.02. The van der Waals surface area contributed by atoms with Crippen molar-refractivity contribution >= 4 is 11.6 Å². The number of carbonyl (C=O) groups excluding carboxylic acids is 1. The summed E-state index contributed by atoms with van der Waals surface area (Å²) in [7, 11) is 3.03. The highest BCUT2D eigenvalue weighted by atomic mass is 16.5. The molecule has 0 aliphatic rings. The number of rotatable bonds is 5. The number of nitrogen functional groups attached to an aromatic ring is 1. The summed E-state index contributed by atoms with van der Waals surface area (Å²) >= 11 is 0. The Kier molecular flexibility index (Phi) is 7.26. The molecule has 3 heterocycles. The Morgan fingerprint density at radius 3 is 2.28 bits per heavy atom. The third-order valence-electron chi connectivity index (χ3n) is 3.79. The number of Topliss-reactive ketones (excluding diaryl/α,β-unsaturated/α-hetero) is 1. The number of aromatic amines is 1. The number of nitrogens with zero attached hydrogens (tertiary/aromatic N) is 4. The van der Waals surface area contributed by atoms with Crippen molar-refractivity contribution in [2.75, 3.05) is 20.0 Å². The van der Waals surface area contributed by atoms with Gasteiger partial charge < -0.3 is 15.2 Å². The lowest BCUT2D eigenvalue weighted by molar-refractivity contribution is 0.0994. The Morgan fingerprint density at radius 1 is 1.10 bits per heavy atom. The summed E-state index contributed by atoms with van der Waals surface area (Å²) in [4.78, 5) is 19.6. The molecular weight excluding hydrogens is 372 g/mol. The van der Waals surface area contributed by atoms with Crippen LogP contribution in [0.3, 0.4) is 0 Å². The molecule has 0 atom stereocenters. The number of methoxy groups -OCH3 is 2. The first-order valence-electron chi connectivity index (χ1n) is 8.62. The first kappa shape index (κ1) is 21.4. The van der Waals surface area contributed by atoms with Gasteiger partial charge in [0, 0.05) is 18.5 Å². The van der Waals surface area contributed by atoms with E-state index >= 15 is 0 Å². The van der Waals surface area contributed by atoms with E-state index in [1.807, 2.05) is 19.9 Å². The summed E-state index contributed by atoms with van der Waals surface area (Å²) in [5, 5.41) is 15.1. The fourth-order valence-electron chi connectivity index (χ4n) is 2.47. The van der Waals surface area contributed by atoms with Gasteiger partial charge in [-0.05, 0) is 37.1 Å². The van der Waals surface area contributed by atoms with Gasteiger partial charge in [-0.2, -0.15) is 10.4 Å². The van der Waals surface area contributed by atoms with Crippen LogP contribution >= 0.6 is 0 Å². The van der Waals surface area contributed by atoms with Gasteiger partial charge in [0.05, 0.1) is 43.5 Å². The molecule has 150 valence electrons. The number of aromatic nitrogens is 4. The highest BCUT2D eigenvalue weighted by molar-refractivity contribution is 5.99. The molecule has 29 heavy (non-hydrogen) atoms. The van der Waals surface area contributed by atoms with E-state index in [4.69, 9.17) is 20.5 Å². The van der Waals surface area contributed by atoms with Crippen molar-refractivity contribution in [1.82, 2.24) is 20.2 Å². The molecule has 3 rings (SSSR count). The number of H-pyrrole nitrogens is 1. The largest absolute Gasteiger partial charge is 0.481 e. The number of ether oxygens (including phenoxy) is 2. The second-order valence-corrected chi connectivity index (χ2v) is 6.10. The second-order valence-electron chi connectivity index (χ2n) is 6.10. The van der Waals surface area contributed by atoms with Crippen molar-refractivity contribution < 1.29 is 14.3 Å². The minimum atomic E-state index is -0.263. The zero-order valence-corrected chi connectivity index (χ0v) is 16.7. The minimum absolute atomic E-state index is 0.151. The Balaban J connectivity index is 0.000000208. The third kappa shape index (κ3) is 5.52. The minimum Gasteiger partial charge on any atom is -0.481 e. The molecule has 0 unspecified atom stereocenters. The Morgan fingerprint density at radius 2 is 1.72 bits per heavy atom. The average Bonchev–Trinajstić information content (AvgIpc) is 3.15. The summed E-state index contributed by atoms with van der Waals surface area (Å²) in [6, 6.07) is 7.20. The van der Waals surface area contributed by atoms with Gasteiger partial charge in [0.25, 0.3) is 0 Å². The van der Waals surface area contributed by atoms with Gasteiger partial charge >= 0.3 is 0 Å². The number of nitrogens with two attached hydrogens (primary N) is 1. The van der Waals surface area contributed by atoms with E-state index in [1.54, 1.807) is 37.7 Å². The van der Waals surface area contributed by atoms with Gasteiger partial charge in [-0.15, -0.1) is 0 Å². The fraction of sp³-hybridized carbons (Fsp3) is 0.250. The first-order chi connectivity index (χ1) is 13.9. The van der Waals surface area contributed by atoms with Gasteiger partial charge in [0.1, 0.15) is 5.82 Å². The van der Waals surface area contributed by atoms with Gasteiger partial charge in [-0.1, -0.05) is 0 Å². The van der Waals surface area contributed by atoms with Crippen LogP contribution in [-0.2, 0) is 0 Å². The summed E-state index contributed by atoms with van der Waals surface area (Å²) in [5.41, 5.74) is 9.50. The number of pyridine rings is 2. The van der Waals surface area contributed by atoms with E-state index in [0.29, 0.717) is 17.3 Å². The SMILES string of the molecule is COc1ncc(C)cc1-c1cc(N)n[nH]1.COc1ncc(C)cc1C(=O)CC#N. The number of ketones is 1. The van der Waals surface area contributed by atoms with Crippen molar-refractivity contribution in [2.45, 2.75) is 20.3 Å². The maximum Gasteiger partial charge on any atom is 0.224 e. The second kappa shape index (κ2) is 9.85. The zero-order valence-electron chi connectivity index (χ0n) is 16.7. The molecular formula is C20H22N6O3. The lowest BCUT2D eigenvalue weighted by Crippen LogP contribution is -2.03. The van der Waals surface area contributed by atoms with E-state index in [1.165, 1.54) is 7.11 Å². The summed E-state index contributed by atoms with van der Waals surface area (Å²) in [6.07, 6.45) is 3.21. The van der Waals surface area contributed by atoms with E-state index < -0.39 is 0 Å². The van der Waals surface area contributed by atoms with E-state index in [-0.39, 0.29) is 18.1 Å². The third-order valence-corrected chi connectivity index (χ3v) is 3.79. The van der Waals surface area contributed by atoms with E-state index in [0.717, 1.165) is 22.4 Å². The van der Waals surface area contributed by atoms with Crippen LogP contribution in [0.4, 0.5) is 5.82 Å². The fourth-order valence-corrected chi connectivity index (χ4v) is 2.47. The Hall–Kier alpha value is -3.93. The molecule has 0 radical (unpaired) electrons. The van der Waals surface area contributed by atoms with Gasteiger partial charge in [0.2, 0.25) is 11.8 Å². The molecule has 9 heteroatoms. The molecule has 0 saturated heterocycles. The van der Waals surface area contributed by atoms with Crippen LogP contribution < -0.4 is 15.2 Å². The van der Waals surface area contributed by atoms with Gasteiger partial charge in [-0.25, -0.2) is 9.97 Å². The molecule has 3 aromatic rings. The molecule has 3 N–H and O–H groups in total. The summed E-state index contributed by atoms with van der Waals surface area (Å²) in [6.45, 7) is 3.80. The van der Waals surface area contributed by atoms with E-state index in [9.17, 15) is 4.79 Å². The highest BCUT2D eigenvalue weighted by Gasteiger charge is 2.13. The number of aryl methyl sites for hydroxylation is 2. The molecule has 0 bridgehead atoms. The molecule has 0 saturated carbocycles. The van der Waals surface area contributed by atoms with Gasteiger partial charge in [0.15, 0.2) is 5.78 Å². The quantitative estimate of drug-likeness (QED) is 0.630. The lowest BCUT2D eigenvalue weighted by atomic mass is 10.1. The van der Waals surface area contributed by atoms with Crippen LogP contribution in [0.1, 0.15) is 27.9 Å². The van der Waals surface area contributed by atoms with Crippen molar-refractivity contribution in [2.24, 2.45) is 0 Å². The predicted octanol–water partition coefficient (Wildman–Crippen LogP) is 2.87. The van der Waals surface area contributed by atoms with Crippen LogP contribution in [0.2, 0.25) is 0 Å². The Labute approximate surface area is 168 Å². The van der Waals surface area contributed by atoms with Crippen molar-refractivity contribution in [3.63, 3.8) is 0 Å². The number of nitriles is 1. The Bertz CT molecular complexity index is 1040. The first-order valence-corrected chi connectivity index (χ1v) is 8.62. The van der Waals surface area contributed by atoms with Crippen molar-refractivity contribution in [3.05, 3.63) is 47.3 Å². The maximum absolute atomic E-state index is 11.4. The maximum atomic E-state index is 11.4. The molecule has 9 nitrogen and oxygen atoms in total. The molecule has 0 spiro atoms. The van der Waals surface area contributed by atoms with Crippen LogP contribution in [0.25, 0.3) is 11.3 Å². The van der Waals surface area contributed by atoms with Crippen molar-refractivity contribution in [1.29, 1.82) is 5.26 Å². The van der Waals surface area contributed by atoms with Crippen molar-refractivity contribution in [3.8, 4) is 29.1 Å². The molecule has 3 aromatic heterocycles. The molecule has 0 fully saturated rings. The van der Waals surface area contributed by atoms with Gasteiger partial charge in [-0.3, -0.25) is 9.89 Å². The lowest BCUT2D eigenvalue weighted by Gasteiger charge is -2.05. The molecule has 0 amide bonds. The van der Waals surface area contributed by atoms with Crippen LogP contribution in [0.5, 0.6) is 11.8 Å². The number of hydrogen-bond donors (Lipinski definition) is 2. The van der Waals surface area contributed by atoms with Crippen LogP contribution in [-0.4, -0.2) is 40.2 Å². The van der Waals surface area contributed by atoms with Crippen LogP contribution in [0, 0.1) is 25.2 Å². The number of nitrogens with one attached hydrogen (secondary N) is 1. The average molecular weight is 394 g/mol. The molecule has 0 aliphatic carbocycles. The highest BCUT2D eigenvalue weighted by Crippen LogP contribution is 2.27. The molecule has 0 aliphatic heterocycles. The normalized spacial score (nSPS) is 9.76. The summed E-state index contributed by atoms with van der Waals surface area (Å²) < 4.78 is 10.1. The standard InChI is InChI=1S/C10H12N4O.C10H10N2O2/c1-6-3-7(10(15-2)12-5-6)8-4-9(11)14-13-8;1-7-5-8(9(13)3-4-11)10(14-2)12-6-7/h3-5H,1-2H3,(H3,11,13,14);5-6H,3H2,1-2H3. The topological polar surface area (TPSA) is 140 Å². The smallest absolute Gasteiger partial charge is 0.224 e. The zero-order chi connectivity index (χ0) is 21.4. The number of carbonyl (C=O) groups is 1. The molecule has 0 aromatic carbocycles. The van der Waals surface area contributed by atoms with E-state index in [2.05, 4.69) is 20.2 Å². The predicted molar refractivity (Wildman–Crippen MR) is 108 cm³/mol. The number of hydrogen-bond acceptors (Lipinski definition) is 8. The van der Waals surface area contributed by atoms with Crippen LogP contribution in [0.15, 0.2) is 30.6 Å². The number of anilines is 1. The monoisotopic (exact) mass is 394 g/mol.